The molecule has 0 aliphatic carbocycles. The lowest BCUT2D eigenvalue weighted by Gasteiger charge is -1.97. The Hall–Kier alpha value is -0.360. The Bertz CT molecular complexity index is 591. The van der Waals surface area contributed by atoms with Crippen LogP contribution in [0.5, 0.6) is 0 Å². The van der Waals surface area contributed by atoms with Crippen molar-refractivity contribution >= 4 is 53.0 Å². The Morgan fingerprint density at radius 2 is 2.07 bits per heavy atom. The molecule has 0 amide bonds. The van der Waals surface area contributed by atoms with E-state index in [1.165, 1.54) is 6.07 Å². The van der Waals surface area contributed by atoms with Crippen molar-refractivity contribution in [3.8, 4) is 0 Å². The molecule has 3 nitrogen and oxygen atoms in total. The number of aromatic nitrogens is 1. The van der Waals surface area contributed by atoms with Crippen LogP contribution in [0.1, 0.15) is 0 Å². The summed E-state index contributed by atoms with van der Waals surface area (Å²) < 4.78 is 26.9. The molecule has 2 aromatic rings. The van der Waals surface area contributed by atoms with E-state index < -0.39 is 9.05 Å². The number of hydrogen-bond donors (Lipinski definition) is 0. The number of halogens is 2. The molecule has 0 unspecified atom stereocenters. The fraction of sp³-hybridized carbons (Fsp3) is 0. The molecule has 0 aliphatic heterocycles. The number of hydrogen-bond acceptors (Lipinski definition) is 4. The molecule has 0 spiro atoms. The van der Waals surface area contributed by atoms with Gasteiger partial charge in [0.15, 0.2) is 5.15 Å². The Morgan fingerprint density at radius 1 is 1.36 bits per heavy atom. The molecule has 0 bridgehead atoms. The maximum Gasteiger partial charge on any atom is 0.262 e. The molecule has 0 fully saturated rings. The van der Waals surface area contributed by atoms with Crippen molar-refractivity contribution in [1.82, 2.24) is 4.37 Å². The summed E-state index contributed by atoms with van der Waals surface area (Å²) in [6.45, 7) is 0. The Labute approximate surface area is 93.8 Å². The quantitative estimate of drug-likeness (QED) is 0.747. The SMILES string of the molecule is O=S(=O)(Cl)c1cccc2snc(Cl)c12. The molecular weight excluding hydrogens is 265 g/mol. The third-order valence-corrected chi connectivity index (χ3v) is 4.23. The molecule has 0 radical (unpaired) electrons. The predicted molar refractivity (Wildman–Crippen MR) is 57.7 cm³/mol. The van der Waals surface area contributed by atoms with Gasteiger partial charge in [0, 0.05) is 10.7 Å². The molecule has 14 heavy (non-hydrogen) atoms. The molecule has 1 aromatic heterocycles. The highest BCUT2D eigenvalue weighted by Gasteiger charge is 2.17. The largest absolute Gasteiger partial charge is 0.262 e. The van der Waals surface area contributed by atoms with Crippen LogP contribution in [-0.4, -0.2) is 12.8 Å². The first-order chi connectivity index (χ1) is 6.50. The van der Waals surface area contributed by atoms with Gasteiger partial charge in [0.2, 0.25) is 0 Å². The van der Waals surface area contributed by atoms with Gasteiger partial charge in [-0.05, 0) is 23.7 Å². The van der Waals surface area contributed by atoms with Crippen LogP contribution in [0.3, 0.4) is 0 Å². The highest BCUT2D eigenvalue weighted by atomic mass is 35.7. The van der Waals surface area contributed by atoms with Gasteiger partial charge in [0.25, 0.3) is 9.05 Å². The van der Waals surface area contributed by atoms with Crippen LogP contribution in [0.15, 0.2) is 23.1 Å². The summed E-state index contributed by atoms with van der Waals surface area (Å²) in [5.74, 6) is 0. The Kier molecular flexibility index (Phi) is 2.43. The second-order valence-electron chi connectivity index (χ2n) is 2.54. The van der Waals surface area contributed by atoms with Gasteiger partial charge in [-0.1, -0.05) is 17.7 Å². The van der Waals surface area contributed by atoms with E-state index >= 15 is 0 Å². The van der Waals surface area contributed by atoms with Crippen molar-refractivity contribution in [3.05, 3.63) is 23.4 Å². The van der Waals surface area contributed by atoms with E-state index in [0.29, 0.717) is 10.1 Å². The maximum absolute atomic E-state index is 11.2. The predicted octanol–water partition coefficient (Wildman–Crippen LogP) is 2.88. The average Bonchev–Trinajstić information content (AvgIpc) is 2.46. The van der Waals surface area contributed by atoms with Crippen LogP contribution in [0.4, 0.5) is 0 Å². The smallest absolute Gasteiger partial charge is 0.207 e. The molecule has 0 saturated heterocycles. The van der Waals surface area contributed by atoms with Crippen LogP contribution in [-0.2, 0) is 9.05 Å². The van der Waals surface area contributed by atoms with E-state index in [1.807, 2.05) is 0 Å². The highest BCUT2D eigenvalue weighted by Crippen LogP contribution is 2.33. The molecule has 1 heterocycles. The second-order valence-corrected chi connectivity index (χ2v) is 6.24. The highest BCUT2D eigenvalue weighted by molar-refractivity contribution is 8.14. The van der Waals surface area contributed by atoms with E-state index in [9.17, 15) is 8.42 Å². The van der Waals surface area contributed by atoms with Gasteiger partial charge in [-0.2, -0.15) is 4.37 Å². The monoisotopic (exact) mass is 267 g/mol. The normalized spacial score (nSPS) is 12.1. The van der Waals surface area contributed by atoms with E-state index in [4.69, 9.17) is 22.3 Å². The zero-order valence-electron chi connectivity index (χ0n) is 6.57. The topological polar surface area (TPSA) is 47.0 Å². The van der Waals surface area contributed by atoms with Gasteiger partial charge in [0.1, 0.15) is 0 Å². The molecule has 0 N–H and O–H groups in total. The minimum atomic E-state index is -3.77. The van der Waals surface area contributed by atoms with Gasteiger partial charge in [-0.3, -0.25) is 0 Å². The third-order valence-electron chi connectivity index (χ3n) is 1.68. The fourth-order valence-electron chi connectivity index (χ4n) is 1.13. The van der Waals surface area contributed by atoms with Crippen molar-refractivity contribution < 1.29 is 8.42 Å². The summed E-state index contributed by atoms with van der Waals surface area (Å²) in [6, 6.07) is 4.75. The summed E-state index contributed by atoms with van der Waals surface area (Å²) in [5.41, 5.74) is 0. The molecule has 74 valence electrons. The standard InChI is InChI=1S/C7H3Cl2NO2S2/c8-7-6-4(13-10-7)2-1-3-5(6)14(9,11)12/h1-3H. The van der Waals surface area contributed by atoms with Gasteiger partial charge in [-0.15, -0.1) is 0 Å². The lowest BCUT2D eigenvalue weighted by Crippen LogP contribution is -1.90. The zero-order valence-corrected chi connectivity index (χ0v) is 9.71. The van der Waals surface area contributed by atoms with Crippen molar-refractivity contribution in [1.29, 1.82) is 0 Å². The van der Waals surface area contributed by atoms with E-state index in [2.05, 4.69) is 4.37 Å². The van der Waals surface area contributed by atoms with Crippen molar-refractivity contribution in [2.24, 2.45) is 0 Å². The lowest BCUT2D eigenvalue weighted by molar-refractivity contribution is 0.610. The van der Waals surface area contributed by atoms with Crippen LogP contribution >= 0.6 is 33.8 Å². The van der Waals surface area contributed by atoms with Gasteiger partial charge in [0.05, 0.1) is 15.0 Å². The van der Waals surface area contributed by atoms with E-state index in [-0.39, 0.29) is 10.0 Å². The first-order valence-electron chi connectivity index (χ1n) is 3.49. The zero-order chi connectivity index (χ0) is 10.3. The summed E-state index contributed by atoms with van der Waals surface area (Å²) in [4.78, 5) is 0.00965. The Morgan fingerprint density at radius 3 is 2.71 bits per heavy atom. The molecule has 7 heteroatoms. The van der Waals surface area contributed by atoms with Crippen molar-refractivity contribution in [3.63, 3.8) is 0 Å². The minimum absolute atomic E-state index is 0.00965. The molecule has 0 atom stereocenters. The van der Waals surface area contributed by atoms with Crippen LogP contribution in [0, 0.1) is 0 Å². The molecule has 1 aromatic carbocycles. The summed E-state index contributed by atoms with van der Waals surface area (Å²) in [5, 5.41) is 0.569. The summed E-state index contributed by atoms with van der Waals surface area (Å²) >= 11 is 6.90. The van der Waals surface area contributed by atoms with Crippen molar-refractivity contribution in [2.45, 2.75) is 4.90 Å². The van der Waals surface area contributed by atoms with Gasteiger partial charge >= 0.3 is 0 Å². The minimum Gasteiger partial charge on any atom is -0.207 e. The number of benzene rings is 1. The van der Waals surface area contributed by atoms with Crippen LogP contribution < -0.4 is 0 Å². The first kappa shape index (κ1) is 10.2. The van der Waals surface area contributed by atoms with Crippen molar-refractivity contribution in [2.75, 3.05) is 0 Å². The first-order valence-corrected chi connectivity index (χ1v) is 6.95. The van der Waals surface area contributed by atoms with Crippen LogP contribution in [0.25, 0.3) is 10.1 Å². The summed E-state index contributed by atoms with van der Waals surface area (Å²) in [6.07, 6.45) is 0. The average molecular weight is 268 g/mol. The lowest BCUT2D eigenvalue weighted by atomic mass is 10.3. The number of fused-ring (bicyclic) bond motifs is 1. The maximum atomic E-state index is 11.2. The molecular formula is C7H3Cl2NO2S2. The number of rotatable bonds is 1. The van der Waals surface area contributed by atoms with Gasteiger partial charge < -0.3 is 0 Å². The van der Waals surface area contributed by atoms with Crippen LogP contribution in [0.2, 0.25) is 5.15 Å². The van der Waals surface area contributed by atoms with E-state index in [1.54, 1.807) is 12.1 Å². The van der Waals surface area contributed by atoms with Gasteiger partial charge in [-0.25, -0.2) is 8.42 Å². The Balaban J connectivity index is 2.96. The summed E-state index contributed by atoms with van der Waals surface area (Å²) in [7, 11) is 1.49. The molecule has 0 saturated carbocycles. The fourth-order valence-corrected chi connectivity index (χ4v) is 3.40. The molecule has 2 rings (SSSR count). The number of nitrogens with zero attached hydrogens (tertiary/aromatic N) is 1. The van der Waals surface area contributed by atoms with E-state index in [0.717, 1.165) is 11.5 Å². The molecule has 0 aliphatic rings. The third kappa shape index (κ3) is 1.61. The second kappa shape index (κ2) is 3.34.